The fourth-order valence-electron chi connectivity index (χ4n) is 3.81. The summed E-state index contributed by atoms with van der Waals surface area (Å²) in [5.41, 5.74) is 3.22. The summed E-state index contributed by atoms with van der Waals surface area (Å²) in [5, 5.41) is 1.20. The third-order valence-corrected chi connectivity index (χ3v) is 5.04. The van der Waals surface area contributed by atoms with Crippen LogP contribution in [0.5, 0.6) is 0 Å². The van der Waals surface area contributed by atoms with Crippen LogP contribution in [0.15, 0.2) is 79.1 Å². The van der Waals surface area contributed by atoms with Gasteiger partial charge < -0.3 is 8.83 Å². The Labute approximate surface area is 145 Å². The number of benzene rings is 3. The van der Waals surface area contributed by atoms with E-state index in [1.807, 2.05) is 24.3 Å². The lowest BCUT2D eigenvalue weighted by Gasteiger charge is -2.21. The smallest absolute Gasteiger partial charge is 0.204 e. The molecule has 2 heterocycles. The van der Waals surface area contributed by atoms with Crippen molar-refractivity contribution in [1.29, 1.82) is 0 Å². The summed E-state index contributed by atoms with van der Waals surface area (Å²) < 4.78 is 12.0. The van der Waals surface area contributed by atoms with Gasteiger partial charge in [-0.3, -0.25) is 9.59 Å². The average molecular weight is 338 g/mol. The standard InChI is InChI=1S/C22H10O4/c23-19-13-7-3-4-8-15(13)25-22-14(19)9-10-16-18(22)20(24)17-11-5-1-2-6-12(11)21(17)26-16/h1-10H. The molecule has 1 aliphatic carbocycles. The van der Waals surface area contributed by atoms with Crippen molar-refractivity contribution in [1.82, 2.24) is 0 Å². The van der Waals surface area contributed by atoms with Gasteiger partial charge in [-0.15, -0.1) is 0 Å². The summed E-state index contributed by atoms with van der Waals surface area (Å²) in [7, 11) is 0. The topological polar surface area (TPSA) is 60.4 Å². The van der Waals surface area contributed by atoms with Crippen molar-refractivity contribution in [3.8, 4) is 22.5 Å². The van der Waals surface area contributed by atoms with Gasteiger partial charge in [0.1, 0.15) is 22.3 Å². The molecule has 122 valence electrons. The molecular weight excluding hydrogens is 328 g/mol. The maximum atomic E-state index is 13.2. The lowest BCUT2D eigenvalue weighted by molar-refractivity contribution is 0.613. The van der Waals surface area contributed by atoms with E-state index in [9.17, 15) is 9.59 Å². The van der Waals surface area contributed by atoms with E-state index in [0.717, 1.165) is 11.1 Å². The monoisotopic (exact) mass is 338 g/mol. The Hall–Kier alpha value is -3.66. The minimum Gasteiger partial charge on any atom is -0.455 e. The molecule has 2 aromatic heterocycles. The van der Waals surface area contributed by atoms with E-state index in [4.69, 9.17) is 8.83 Å². The molecule has 0 bridgehead atoms. The van der Waals surface area contributed by atoms with Gasteiger partial charge in [-0.05, 0) is 24.3 Å². The fraction of sp³-hybridized carbons (Fsp3) is 0. The van der Waals surface area contributed by atoms with Crippen LogP contribution >= 0.6 is 0 Å². The first kappa shape index (κ1) is 13.6. The molecule has 3 aromatic carbocycles. The summed E-state index contributed by atoms with van der Waals surface area (Å²) in [5.74, 6) is 0.598. The maximum Gasteiger partial charge on any atom is 0.204 e. The predicted molar refractivity (Wildman–Crippen MR) is 100 cm³/mol. The number of rotatable bonds is 0. The van der Waals surface area contributed by atoms with Gasteiger partial charge in [0, 0.05) is 11.1 Å². The molecule has 0 fully saturated rings. The van der Waals surface area contributed by atoms with Gasteiger partial charge >= 0.3 is 0 Å². The predicted octanol–water partition coefficient (Wildman–Crippen LogP) is 4.70. The van der Waals surface area contributed by atoms with Crippen LogP contribution < -0.4 is 10.9 Å². The van der Waals surface area contributed by atoms with Crippen molar-refractivity contribution >= 4 is 32.9 Å². The first-order valence-corrected chi connectivity index (χ1v) is 8.29. The molecular formula is C22H10O4. The lowest BCUT2D eigenvalue weighted by Crippen LogP contribution is -2.14. The highest BCUT2D eigenvalue weighted by Gasteiger charge is 2.30. The normalized spacial score (nSPS) is 12.2. The van der Waals surface area contributed by atoms with E-state index < -0.39 is 0 Å². The van der Waals surface area contributed by atoms with Crippen molar-refractivity contribution in [2.24, 2.45) is 0 Å². The molecule has 6 rings (SSSR count). The maximum absolute atomic E-state index is 13.2. The van der Waals surface area contributed by atoms with E-state index in [2.05, 4.69) is 0 Å². The highest BCUT2D eigenvalue weighted by Crippen LogP contribution is 2.46. The number of para-hydroxylation sites is 1. The molecule has 4 heteroatoms. The van der Waals surface area contributed by atoms with E-state index in [1.54, 1.807) is 36.4 Å². The van der Waals surface area contributed by atoms with E-state index in [1.165, 1.54) is 0 Å². The molecule has 0 spiro atoms. The van der Waals surface area contributed by atoms with Crippen molar-refractivity contribution in [2.75, 3.05) is 0 Å². The van der Waals surface area contributed by atoms with Gasteiger partial charge in [-0.25, -0.2) is 0 Å². The average Bonchev–Trinajstić information content (AvgIpc) is 2.66. The number of hydrogen-bond acceptors (Lipinski definition) is 4. The molecule has 1 aliphatic rings. The van der Waals surface area contributed by atoms with Crippen LogP contribution in [-0.4, -0.2) is 0 Å². The van der Waals surface area contributed by atoms with Crippen LogP contribution in [0, 0.1) is 0 Å². The Morgan fingerprint density at radius 2 is 1.38 bits per heavy atom. The van der Waals surface area contributed by atoms with E-state index in [0.29, 0.717) is 38.6 Å². The summed E-state index contributed by atoms with van der Waals surface area (Å²) in [6.07, 6.45) is 0. The summed E-state index contributed by atoms with van der Waals surface area (Å²) >= 11 is 0. The molecule has 0 saturated carbocycles. The van der Waals surface area contributed by atoms with Crippen LogP contribution in [0.2, 0.25) is 0 Å². The zero-order valence-electron chi connectivity index (χ0n) is 13.4. The quantitative estimate of drug-likeness (QED) is 0.297. The minimum atomic E-state index is -0.163. The van der Waals surface area contributed by atoms with Gasteiger partial charge in [0.25, 0.3) is 0 Å². The number of fused-ring (bicyclic) bond motifs is 8. The molecule has 0 unspecified atom stereocenters. The summed E-state index contributed by atoms with van der Waals surface area (Å²) in [6, 6.07) is 18.0. The van der Waals surface area contributed by atoms with Crippen molar-refractivity contribution < 1.29 is 8.83 Å². The van der Waals surface area contributed by atoms with Crippen LogP contribution in [0.4, 0.5) is 0 Å². The van der Waals surface area contributed by atoms with Crippen molar-refractivity contribution in [3.05, 3.63) is 81.1 Å². The van der Waals surface area contributed by atoms with Crippen LogP contribution in [0.1, 0.15) is 0 Å². The Kier molecular flexibility index (Phi) is 2.35. The summed E-state index contributed by atoms with van der Waals surface area (Å²) in [4.78, 5) is 26.0. The Morgan fingerprint density at radius 3 is 2.27 bits per heavy atom. The molecule has 0 atom stereocenters. The molecule has 0 amide bonds. The Balaban J connectivity index is 1.85. The fourth-order valence-corrected chi connectivity index (χ4v) is 3.81. The van der Waals surface area contributed by atoms with Crippen LogP contribution in [0.25, 0.3) is 55.4 Å². The van der Waals surface area contributed by atoms with Crippen LogP contribution in [0.3, 0.4) is 0 Å². The Morgan fingerprint density at radius 1 is 0.615 bits per heavy atom. The second-order valence-electron chi connectivity index (χ2n) is 6.42. The van der Waals surface area contributed by atoms with Crippen LogP contribution in [-0.2, 0) is 0 Å². The van der Waals surface area contributed by atoms with Gasteiger partial charge in [-0.2, -0.15) is 0 Å². The highest BCUT2D eigenvalue weighted by molar-refractivity contribution is 6.09. The van der Waals surface area contributed by atoms with E-state index >= 15 is 0 Å². The zero-order chi connectivity index (χ0) is 17.4. The molecule has 26 heavy (non-hydrogen) atoms. The highest BCUT2D eigenvalue weighted by atomic mass is 16.3. The first-order chi connectivity index (χ1) is 12.7. The Bertz CT molecular complexity index is 1520. The molecule has 0 aliphatic heterocycles. The molecule has 0 saturated heterocycles. The zero-order valence-corrected chi connectivity index (χ0v) is 13.4. The van der Waals surface area contributed by atoms with Gasteiger partial charge in [-0.1, -0.05) is 36.4 Å². The van der Waals surface area contributed by atoms with Crippen molar-refractivity contribution in [3.63, 3.8) is 0 Å². The molecule has 0 N–H and O–H groups in total. The second kappa shape index (κ2) is 4.49. The SMILES string of the molecule is O=c1c2ccccc2oc2c1ccc1oc3c(c(=O)c12)-c1ccccc1-3. The minimum absolute atomic E-state index is 0.147. The third-order valence-electron chi connectivity index (χ3n) is 5.04. The molecule has 0 radical (unpaired) electrons. The molecule has 5 aromatic rings. The number of hydrogen-bond donors (Lipinski definition) is 0. The third kappa shape index (κ3) is 1.49. The van der Waals surface area contributed by atoms with Gasteiger partial charge in [0.2, 0.25) is 10.9 Å². The van der Waals surface area contributed by atoms with Gasteiger partial charge in [0.05, 0.1) is 16.3 Å². The first-order valence-electron chi connectivity index (χ1n) is 8.29. The van der Waals surface area contributed by atoms with Crippen molar-refractivity contribution in [2.45, 2.75) is 0 Å². The lowest BCUT2D eigenvalue weighted by atomic mass is 9.85. The largest absolute Gasteiger partial charge is 0.455 e. The van der Waals surface area contributed by atoms with Gasteiger partial charge in [0.15, 0.2) is 5.58 Å². The second-order valence-corrected chi connectivity index (χ2v) is 6.42. The summed E-state index contributed by atoms with van der Waals surface area (Å²) in [6.45, 7) is 0. The van der Waals surface area contributed by atoms with E-state index in [-0.39, 0.29) is 16.4 Å². The molecule has 4 nitrogen and oxygen atoms in total.